The van der Waals surface area contributed by atoms with E-state index in [0.717, 1.165) is 49.5 Å². The minimum Gasteiger partial charge on any atom is -0.493 e. The molecule has 1 aliphatic heterocycles. The highest BCUT2D eigenvalue weighted by Gasteiger charge is 2.23. The average molecular weight is 279 g/mol. The van der Waals surface area contributed by atoms with E-state index in [0.29, 0.717) is 13.4 Å². The van der Waals surface area contributed by atoms with Gasteiger partial charge in [0.25, 0.3) is 0 Å². The van der Waals surface area contributed by atoms with E-state index < -0.39 is 0 Å². The van der Waals surface area contributed by atoms with Crippen LogP contribution in [0.4, 0.5) is 0 Å². The molecule has 2 rings (SSSR count). The molecule has 0 aliphatic carbocycles. The van der Waals surface area contributed by atoms with Crippen molar-refractivity contribution in [2.24, 2.45) is 11.1 Å². The molecule has 0 fully saturated rings. The second kappa shape index (κ2) is 6.84. The summed E-state index contributed by atoms with van der Waals surface area (Å²) < 4.78 is 16.4. The van der Waals surface area contributed by atoms with Gasteiger partial charge < -0.3 is 19.9 Å². The zero-order valence-electron chi connectivity index (χ0n) is 12.5. The molecule has 4 heteroatoms. The number of hydrogen-bond donors (Lipinski definition) is 1. The van der Waals surface area contributed by atoms with Gasteiger partial charge in [-0.05, 0) is 49.8 Å². The molecule has 0 atom stereocenters. The summed E-state index contributed by atoms with van der Waals surface area (Å²) in [7, 11) is 0. The summed E-state index contributed by atoms with van der Waals surface area (Å²) in [5.74, 6) is 2.39. The van der Waals surface area contributed by atoms with Gasteiger partial charge in [0.1, 0.15) is 5.75 Å². The number of benzene rings is 1. The molecule has 1 aliphatic rings. The van der Waals surface area contributed by atoms with Crippen LogP contribution in [0.15, 0.2) is 18.2 Å². The predicted molar refractivity (Wildman–Crippen MR) is 79.4 cm³/mol. The molecule has 4 nitrogen and oxygen atoms in total. The summed E-state index contributed by atoms with van der Waals surface area (Å²) in [6.45, 7) is 6.19. The molecule has 0 amide bonds. The molecule has 0 radical (unpaired) electrons. The van der Waals surface area contributed by atoms with Crippen LogP contribution in [-0.4, -0.2) is 19.9 Å². The third-order valence-corrected chi connectivity index (χ3v) is 4.40. The Bertz CT molecular complexity index is 421. The van der Waals surface area contributed by atoms with Crippen molar-refractivity contribution in [3.8, 4) is 17.2 Å². The van der Waals surface area contributed by atoms with Gasteiger partial charge in [-0.2, -0.15) is 0 Å². The van der Waals surface area contributed by atoms with E-state index >= 15 is 0 Å². The van der Waals surface area contributed by atoms with E-state index in [4.69, 9.17) is 19.9 Å². The molecule has 0 bridgehead atoms. The van der Waals surface area contributed by atoms with E-state index in [2.05, 4.69) is 13.8 Å². The fraction of sp³-hybridized carbons (Fsp3) is 0.625. The summed E-state index contributed by atoms with van der Waals surface area (Å²) in [5.41, 5.74) is 6.19. The van der Waals surface area contributed by atoms with E-state index in [1.165, 1.54) is 0 Å². The highest BCUT2D eigenvalue weighted by Crippen LogP contribution is 2.35. The van der Waals surface area contributed by atoms with Gasteiger partial charge in [-0.1, -0.05) is 13.8 Å². The maximum absolute atomic E-state index is 5.91. The van der Waals surface area contributed by atoms with Crippen LogP contribution in [0.2, 0.25) is 0 Å². The Hall–Kier alpha value is -1.42. The Morgan fingerprint density at radius 1 is 1.20 bits per heavy atom. The molecule has 112 valence electrons. The third kappa shape index (κ3) is 3.37. The topological polar surface area (TPSA) is 53.7 Å². The normalized spacial score (nSPS) is 13.6. The van der Waals surface area contributed by atoms with E-state index in [1.54, 1.807) is 0 Å². The van der Waals surface area contributed by atoms with Crippen molar-refractivity contribution in [3.63, 3.8) is 0 Å². The Morgan fingerprint density at radius 2 is 1.95 bits per heavy atom. The fourth-order valence-corrected chi connectivity index (χ4v) is 2.60. The van der Waals surface area contributed by atoms with Crippen LogP contribution in [-0.2, 0) is 0 Å². The van der Waals surface area contributed by atoms with Gasteiger partial charge in [-0.3, -0.25) is 0 Å². The maximum Gasteiger partial charge on any atom is 0.231 e. The van der Waals surface area contributed by atoms with Crippen LogP contribution in [0.5, 0.6) is 17.2 Å². The third-order valence-electron chi connectivity index (χ3n) is 4.40. The molecule has 1 aromatic carbocycles. The summed E-state index contributed by atoms with van der Waals surface area (Å²) in [6, 6.07) is 5.70. The molecular weight excluding hydrogens is 254 g/mol. The standard InChI is InChI=1S/C16H25NO3/c1-3-16(4-2,11-17)8-5-9-18-13-6-7-14-15(10-13)20-12-19-14/h6-7,10H,3-5,8-9,11-12,17H2,1-2H3. The Morgan fingerprint density at radius 3 is 2.65 bits per heavy atom. The largest absolute Gasteiger partial charge is 0.493 e. The molecular formula is C16H25NO3. The van der Waals surface area contributed by atoms with Crippen LogP contribution in [0, 0.1) is 5.41 Å². The molecule has 20 heavy (non-hydrogen) atoms. The van der Waals surface area contributed by atoms with Gasteiger partial charge in [0.15, 0.2) is 11.5 Å². The van der Waals surface area contributed by atoms with Gasteiger partial charge >= 0.3 is 0 Å². The van der Waals surface area contributed by atoms with Crippen LogP contribution < -0.4 is 19.9 Å². The van der Waals surface area contributed by atoms with Gasteiger partial charge in [0, 0.05) is 6.07 Å². The van der Waals surface area contributed by atoms with Crippen molar-refractivity contribution in [2.75, 3.05) is 19.9 Å². The molecule has 0 aromatic heterocycles. The van der Waals surface area contributed by atoms with Gasteiger partial charge in [0.05, 0.1) is 6.61 Å². The van der Waals surface area contributed by atoms with E-state index in [-0.39, 0.29) is 5.41 Å². The molecule has 0 spiro atoms. The second-order valence-corrected chi connectivity index (χ2v) is 5.38. The van der Waals surface area contributed by atoms with Crippen molar-refractivity contribution >= 4 is 0 Å². The smallest absolute Gasteiger partial charge is 0.231 e. The number of nitrogens with two attached hydrogens (primary N) is 1. The van der Waals surface area contributed by atoms with Crippen LogP contribution in [0.1, 0.15) is 39.5 Å². The number of ether oxygens (including phenoxy) is 3. The second-order valence-electron chi connectivity index (χ2n) is 5.38. The summed E-state index contributed by atoms with van der Waals surface area (Å²) in [4.78, 5) is 0. The monoisotopic (exact) mass is 279 g/mol. The van der Waals surface area contributed by atoms with Crippen molar-refractivity contribution < 1.29 is 14.2 Å². The predicted octanol–water partition coefficient (Wildman–Crippen LogP) is 3.34. The quantitative estimate of drug-likeness (QED) is 0.741. The van der Waals surface area contributed by atoms with Crippen molar-refractivity contribution in [1.29, 1.82) is 0 Å². The molecule has 0 saturated heterocycles. The summed E-state index contributed by atoms with van der Waals surface area (Å²) in [6.07, 6.45) is 4.39. The maximum atomic E-state index is 5.91. The first-order valence-electron chi connectivity index (χ1n) is 7.45. The zero-order valence-corrected chi connectivity index (χ0v) is 12.5. The minimum absolute atomic E-state index is 0.276. The number of hydrogen-bond acceptors (Lipinski definition) is 4. The number of fused-ring (bicyclic) bond motifs is 1. The van der Waals surface area contributed by atoms with Crippen LogP contribution in [0.25, 0.3) is 0 Å². The Labute approximate surface area is 121 Å². The molecule has 1 heterocycles. The first-order valence-corrected chi connectivity index (χ1v) is 7.45. The Kier molecular flexibility index (Phi) is 5.12. The van der Waals surface area contributed by atoms with E-state index in [1.807, 2.05) is 18.2 Å². The van der Waals surface area contributed by atoms with Crippen LogP contribution >= 0.6 is 0 Å². The van der Waals surface area contributed by atoms with Gasteiger partial charge in [0.2, 0.25) is 6.79 Å². The Balaban J connectivity index is 1.78. The zero-order chi connectivity index (χ0) is 14.4. The van der Waals surface area contributed by atoms with Gasteiger partial charge in [-0.25, -0.2) is 0 Å². The van der Waals surface area contributed by atoms with E-state index in [9.17, 15) is 0 Å². The minimum atomic E-state index is 0.276. The van der Waals surface area contributed by atoms with Crippen molar-refractivity contribution in [1.82, 2.24) is 0 Å². The molecule has 2 N–H and O–H groups in total. The highest BCUT2D eigenvalue weighted by atomic mass is 16.7. The number of rotatable bonds is 8. The van der Waals surface area contributed by atoms with Crippen molar-refractivity contribution in [2.45, 2.75) is 39.5 Å². The van der Waals surface area contributed by atoms with Crippen molar-refractivity contribution in [3.05, 3.63) is 18.2 Å². The fourth-order valence-electron chi connectivity index (χ4n) is 2.60. The summed E-state index contributed by atoms with van der Waals surface area (Å²) in [5, 5.41) is 0. The highest BCUT2D eigenvalue weighted by molar-refractivity contribution is 5.46. The summed E-state index contributed by atoms with van der Waals surface area (Å²) >= 11 is 0. The lowest BCUT2D eigenvalue weighted by Gasteiger charge is -2.30. The first kappa shape index (κ1) is 15.0. The van der Waals surface area contributed by atoms with Gasteiger partial charge in [-0.15, -0.1) is 0 Å². The van der Waals surface area contributed by atoms with Crippen LogP contribution in [0.3, 0.4) is 0 Å². The first-order chi connectivity index (χ1) is 9.73. The average Bonchev–Trinajstić information content (AvgIpc) is 2.96. The molecule has 1 aromatic rings. The lowest BCUT2D eigenvalue weighted by atomic mass is 9.78. The molecule has 0 saturated carbocycles. The lowest BCUT2D eigenvalue weighted by Crippen LogP contribution is -2.29. The SMILES string of the molecule is CCC(CC)(CN)CCCOc1ccc2c(c1)OCO2. The molecule has 0 unspecified atom stereocenters. The lowest BCUT2D eigenvalue weighted by molar-refractivity contribution is 0.173.